The number of fused-ring (bicyclic) bond motifs is 1. The smallest absolute Gasteiger partial charge is 0.170 e. The van der Waals surface area contributed by atoms with E-state index in [-0.39, 0.29) is 5.49 Å². The zero-order valence-electron chi connectivity index (χ0n) is 16.8. The highest BCUT2D eigenvalue weighted by Gasteiger charge is 2.16. The molecule has 0 saturated carbocycles. The van der Waals surface area contributed by atoms with E-state index in [4.69, 9.17) is 47.5 Å². The Hall–Kier alpha value is -2.61. The number of methoxy groups -OCH3 is 2. The molecule has 0 radical (unpaired) electrons. The summed E-state index contributed by atoms with van der Waals surface area (Å²) in [6.07, 6.45) is 1.61. The first-order chi connectivity index (χ1) is 15.0. The normalized spacial score (nSPS) is 11.1. The highest BCUT2D eigenvalue weighted by molar-refractivity contribution is 7.98. The second-order valence-electron chi connectivity index (χ2n) is 6.62. The van der Waals surface area contributed by atoms with E-state index >= 15 is 0 Å². The molecule has 2 heterocycles. The van der Waals surface area contributed by atoms with Crippen molar-refractivity contribution in [2.24, 2.45) is 0 Å². The average molecular weight is 476 g/mol. The summed E-state index contributed by atoms with van der Waals surface area (Å²) in [5, 5.41) is 11.3. The Balaban J connectivity index is 1.83. The monoisotopic (exact) mass is 475 g/mol. The van der Waals surface area contributed by atoms with Gasteiger partial charge in [0.2, 0.25) is 0 Å². The standard InChI is InChI=1S/C22H19Cl2N3O3S/c1-28-19-9-14-18(10-20(19)29-2)26-22(27(21(14)25)11-13-5-4-8-30-13)31-12-15-16(23)6-3-7-17(15)24/h3-10,25H,11-12H2,1-2H3. The lowest BCUT2D eigenvalue weighted by Gasteiger charge is -2.16. The maximum absolute atomic E-state index is 8.87. The molecule has 0 aliphatic heterocycles. The third-order valence-electron chi connectivity index (χ3n) is 4.78. The van der Waals surface area contributed by atoms with E-state index in [0.29, 0.717) is 49.9 Å². The minimum absolute atomic E-state index is 0.287. The molecular formula is C22H19Cl2N3O3S. The molecule has 0 spiro atoms. The Kier molecular flexibility index (Phi) is 6.46. The molecule has 2 aromatic carbocycles. The van der Waals surface area contributed by atoms with Crippen molar-refractivity contribution in [3.05, 3.63) is 75.6 Å². The van der Waals surface area contributed by atoms with E-state index in [0.717, 1.165) is 11.3 Å². The highest BCUT2D eigenvalue weighted by Crippen LogP contribution is 2.33. The predicted octanol–water partition coefficient (Wildman–Crippen LogP) is 5.77. The van der Waals surface area contributed by atoms with Crippen LogP contribution in [0.3, 0.4) is 0 Å². The van der Waals surface area contributed by atoms with Crippen molar-refractivity contribution in [1.82, 2.24) is 9.55 Å². The number of halogens is 2. The van der Waals surface area contributed by atoms with E-state index in [1.807, 2.05) is 18.2 Å². The number of furan rings is 1. The van der Waals surface area contributed by atoms with Crippen molar-refractivity contribution in [3.63, 3.8) is 0 Å². The number of hydrogen-bond donors (Lipinski definition) is 1. The molecule has 0 fully saturated rings. The molecule has 0 bridgehead atoms. The first kappa shape index (κ1) is 21.6. The molecule has 0 amide bonds. The van der Waals surface area contributed by atoms with Crippen LogP contribution in [0, 0.1) is 5.41 Å². The van der Waals surface area contributed by atoms with Gasteiger partial charge in [-0.25, -0.2) is 4.98 Å². The molecule has 160 valence electrons. The number of nitrogens with zero attached hydrogens (tertiary/aromatic N) is 2. The molecule has 1 N–H and O–H groups in total. The second-order valence-corrected chi connectivity index (χ2v) is 8.38. The number of rotatable bonds is 7. The van der Waals surface area contributed by atoms with E-state index in [1.165, 1.54) is 11.8 Å². The van der Waals surface area contributed by atoms with Crippen molar-refractivity contribution >= 4 is 45.9 Å². The van der Waals surface area contributed by atoms with Crippen molar-refractivity contribution < 1.29 is 13.9 Å². The fraction of sp³-hybridized carbons (Fsp3) is 0.182. The van der Waals surface area contributed by atoms with Crippen molar-refractivity contribution in [2.75, 3.05) is 14.2 Å². The Morgan fingerprint density at radius 1 is 1.06 bits per heavy atom. The first-order valence-corrected chi connectivity index (χ1v) is 11.0. The molecule has 2 aromatic heterocycles. The Labute approximate surface area is 193 Å². The third kappa shape index (κ3) is 4.39. The Bertz CT molecular complexity index is 1270. The van der Waals surface area contributed by atoms with Crippen LogP contribution in [0.2, 0.25) is 10.0 Å². The zero-order chi connectivity index (χ0) is 22.0. The maximum Gasteiger partial charge on any atom is 0.170 e. The van der Waals surface area contributed by atoms with Gasteiger partial charge in [-0.15, -0.1) is 0 Å². The van der Waals surface area contributed by atoms with Gasteiger partial charge in [-0.3, -0.25) is 9.98 Å². The first-order valence-electron chi connectivity index (χ1n) is 9.31. The minimum atomic E-state index is 0.287. The van der Waals surface area contributed by atoms with Gasteiger partial charge in [-0.05, 0) is 35.9 Å². The van der Waals surface area contributed by atoms with E-state index in [2.05, 4.69) is 0 Å². The SMILES string of the molecule is COc1cc2nc(SCc3c(Cl)cccc3Cl)n(Cc3ccco3)c(=N)c2cc1OC. The summed E-state index contributed by atoms with van der Waals surface area (Å²) in [4.78, 5) is 4.82. The summed E-state index contributed by atoms with van der Waals surface area (Å²) in [5.74, 6) is 2.31. The predicted molar refractivity (Wildman–Crippen MR) is 123 cm³/mol. The summed E-state index contributed by atoms with van der Waals surface area (Å²) in [6.45, 7) is 0.363. The molecule has 0 aliphatic rings. The molecule has 0 aliphatic carbocycles. The third-order valence-corrected chi connectivity index (χ3v) is 6.49. The molecule has 0 unspecified atom stereocenters. The summed E-state index contributed by atoms with van der Waals surface area (Å²) in [6, 6.07) is 12.6. The van der Waals surface area contributed by atoms with E-state index in [9.17, 15) is 0 Å². The number of ether oxygens (including phenoxy) is 2. The van der Waals surface area contributed by atoms with Crippen molar-refractivity contribution in [2.45, 2.75) is 17.5 Å². The minimum Gasteiger partial charge on any atom is -0.493 e. The maximum atomic E-state index is 8.87. The summed E-state index contributed by atoms with van der Waals surface area (Å²) >= 11 is 14.1. The van der Waals surface area contributed by atoms with Gasteiger partial charge in [0, 0.05) is 27.3 Å². The van der Waals surface area contributed by atoms with Crippen LogP contribution in [0.1, 0.15) is 11.3 Å². The number of thioether (sulfide) groups is 1. The highest BCUT2D eigenvalue weighted by atomic mass is 35.5. The fourth-order valence-corrected chi connectivity index (χ4v) is 4.93. The largest absolute Gasteiger partial charge is 0.493 e. The summed E-state index contributed by atoms with van der Waals surface area (Å²) in [5.41, 5.74) is 1.74. The van der Waals surface area contributed by atoms with Crippen LogP contribution >= 0.6 is 35.0 Å². The molecule has 0 saturated heterocycles. The van der Waals surface area contributed by atoms with E-state index < -0.39 is 0 Å². The topological polar surface area (TPSA) is 73.3 Å². The lowest BCUT2D eigenvalue weighted by molar-refractivity contribution is 0.355. The van der Waals surface area contributed by atoms with Crippen molar-refractivity contribution in [3.8, 4) is 11.5 Å². The Morgan fingerprint density at radius 2 is 1.77 bits per heavy atom. The summed E-state index contributed by atoms with van der Waals surface area (Å²) in [7, 11) is 3.13. The number of hydrogen-bond acceptors (Lipinski definition) is 6. The molecule has 0 atom stereocenters. The van der Waals surface area contributed by atoms with Crippen LogP contribution in [0.25, 0.3) is 10.9 Å². The van der Waals surface area contributed by atoms with Gasteiger partial charge >= 0.3 is 0 Å². The molecule has 9 heteroatoms. The van der Waals surface area contributed by atoms with Crippen LogP contribution in [0.4, 0.5) is 0 Å². The lowest BCUT2D eigenvalue weighted by atomic mass is 10.2. The van der Waals surface area contributed by atoms with Gasteiger partial charge in [-0.2, -0.15) is 0 Å². The quantitative estimate of drug-likeness (QED) is 0.271. The molecular weight excluding hydrogens is 457 g/mol. The molecule has 6 nitrogen and oxygen atoms in total. The van der Waals surface area contributed by atoms with Gasteiger partial charge < -0.3 is 13.9 Å². The lowest BCUT2D eigenvalue weighted by Crippen LogP contribution is -2.24. The van der Waals surface area contributed by atoms with Crippen LogP contribution in [-0.4, -0.2) is 23.8 Å². The van der Waals surface area contributed by atoms with Crippen LogP contribution in [-0.2, 0) is 12.3 Å². The van der Waals surface area contributed by atoms with Crippen molar-refractivity contribution in [1.29, 1.82) is 5.41 Å². The molecule has 31 heavy (non-hydrogen) atoms. The van der Waals surface area contributed by atoms with Crippen LogP contribution in [0.15, 0.2) is 58.3 Å². The van der Waals surface area contributed by atoms with Gasteiger partial charge in [0.15, 0.2) is 16.7 Å². The molecule has 4 aromatic rings. The van der Waals surface area contributed by atoms with Gasteiger partial charge in [0.25, 0.3) is 0 Å². The zero-order valence-corrected chi connectivity index (χ0v) is 19.1. The number of aromatic nitrogens is 2. The molecule has 4 rings (SSSR count). The van der Waals surface area contributed by atoms with Gasteiger partial charge in [-0.1, -0.05) is 41.0 Å². The average Bonchev–Trinajstić information content (AvgIpc) is 3.28. The number of benzene rings is 2. The van der Waals surface area contributed by atoms with E-state index in [1.54, 1.807) is 49.3 Å². The van der Waals surface area contributed by atoms with Crippen LogP contribution in [0.5, 0.6) is 11.5 Å². The van der Waals surface area contributed by atoms with Crippen LogP contribution < -0.4 is 15.0 Å². The summed E-state index contributed by atoms with van der Waals surface area (Å²) < 4.78 is 18.1. The second kappa shape index (κ2) is 9.26. The fourth-order valence-electron chi connectivity index (χ4n) is 3.18. The van der Waals surface area contributed by atoms with Gasteiger partial charge in [0.1, 0.15) is 11.2 Å². The van der Waals surface area contributed by atoms with Gasteiger partial charge in [0.05, 0.1) is 32.5 Å². The Morgan fingerprint density at radius 3 is 2.42 bits per heavy atom. The number of nitrogens with one attached hydrogen (secondary N) is 1.